The van der Waals surface area contributed by atoms with Crippen molar-refractivity contribution in [2.75, 3.05) is 32.6 Å². The first-order valence-corrected chi connectivity index (χ1v) is 14.2. The van der Waals surface area contributed by atoms with Crippen molar-refractivity contribution in [1.82, 2.24) is 24.3 Å². The third-order valence-electron chi connectivity index (χ3n) is 7.09. The first-order chi connectivity index (χ1) is 20.6. The molecule has 7 nitrogen and oxygen atoms in total. The Kier molecular flexibility index (Phi) is 8.19. The maximum Gasteiger partial charge on any atom is 0.227 e. The number of aromatic nitrogens is 4. The van der Waals surface area contributed by atoms with Crippen LogP contribution in [0.3, 0.4) is 0 Å². The van der Waals surface area contributed by atoms with E-state index in [1.54, 1.807) is 6.20 Å². The van der Waals surface area contributed by atoms with Crippen LogP contribution in [0, 0.1) is 0 Å². The molecule has 3 aromatic carbocycles. The van der Waals surface area contributed by atoms with Crippen molar-refractivity contribution in [3.8, 4) is 28.4 Å². The van der Waals surface area contributed by atoms with Gasteiger partial charge in [0.1, 0.15) is 11.4 Å². The van der Waals surface area contributed by atoms with Gasteiger partial charge < -0.3 is 15.0 Å². The van der Waals surface area contributed by atoms with Crippen molar-refractivity contribution in [2.45, 2.75) is 12.8 Å². The minimum atomic E-state index is 0.538. The van der Waals surface area contributed by atoms with Gasteiger partial charge in [0.15, 0.2) is 0 Å². The Balaban J connectivity index is 1.25. The Hall–Kier alpha value is -5.01. The summed E-state index contributed by atoms with van der Waals surface area (Å²) in [5.74, 6) is 1.37. The summed E-state index contributed by atoms with van der Waals surface area (Å²) in [4.78, 5) is 16.6. The molecule has 1 N–H and O–H groups in total. The number of anilines is 2. The third kappa shape index (κ3) is 6.48. The zero-order valence-electron chi connectivity index (χ0n) is 23.9. The molecule has 3 heterocycles. The number of fused-ring (bicyclic) bond motifs is 1. The van der Waals surface area contributed by atoms with Gasteiger partial charge in [0, 0.05) is 36.6 Å². The van der Waals surface area contributed by atoms with Gasteiger partial charge in [0.05, 0.1) is 23.7 Å². The van der Waals surface area contributed by atoms with Gasteiger partial charge in [-0.2, -0.15) is 0 Å². The number of ether oxygens (including phenoxy) is 1. The fraction of sp³-hybridized carbons (Fsp3) is 0.171. The zero-order chi connectivity index (χ0) is 28.7. The summed E-state index contributed by atoms with van der Waals surface area (Å²) >= 11 is 0. The number of benzene rings is 3. The molecule has 6 rings (SSSR count). The zero-order valence-corrected chi connectivity index (χ0v) is 23.9. The molecule has 0 radical (unpaired) electrons. The molecule has 3 aromatic heterocycles. The SMILES string of the molecule is CN(C)CCc1cccc(Nc2nccc(-c3c(-c4ccc(OCCc5ccccc5)cc4)nc4ccccn34)n2)c1. The molecule has 0 aliphatic rings. The number of likely N-dealkylation sites (N-methyl/N-ethyl adjacent to an activating group) is 1. The van der Waals surface area contributed by atoms with Crippen LogP contribution in [-0.4, -0.2) is 51.5 Å². The van der Waals surface area contributed by atoms with E-state index in [1.165, 1.54) is 11.1 Å². The third-order valence-corrected chi connectivity index (χ3v) is 7.09. The van der Waals surface area contributed by atoms with Crippen LogP contribution in [0.2, 0.25) is 0 Å². The minimum absolute atomic E-state index is 0.538. The number of nitrogens with zero attached hydrogens (tertiary/aromatic N) is 5. The van der Waals surface area contributed by atoms with Gasteiger partial charge >= 0.3 is 0 Å². The van der Waals surface area contributed by atoms with Crippen LogP contribution < -0.4 is 10.1 Å². The predicted molar refractivity (Wildman–Crippen MR) is 169 cm³/mol. The molecule has 0 spiro atoms. The molecule has 0 bridgehead atoms. The van der Waals surface area contributed by atoms with Crippen molar-refractivity contribution < 1.29 is 4.74 Å². The maximum atomic E-state index is 6.03. The van der Waals surface area contributed by atoms with Crippen molar-refractivity contribution in [2.24, 2.45) is 0 Å². The van der Waals surface area contributed by atoms with Crippen LogP contribution in [-0.2, 0) is 12.8 Å². The molecule has 42 heavy (non-hydrogen) atoms. The highest BCUT2D eigenvalue weighted by Crippen LogP contribution is 2.33. The van der Waals surface area contributed by atoms with Gasteiger partial charge in [-0.25, -0.2) is 15.0 Å². The van der Waals surface area contributed by atoms with E-state index in [-0.39, 0.29) is 0 Å². The van der Waals surface area contributed by atoms with Crippen LogP contribution >= 0.6 is 0 Å². The lowest BCUT2D eigenvalue weighted by atomic mass is 10.1. The van der Waals surface area contributed by atoms with Gasteiger partial charge in [-0.15, -0.1) is 0 Å². The van der Waals surface area contributed by atoms with Crippen molar-refractivity contribution in [3.63, 3.8) is 0 Å². The monoisotopic (exact) mass is 554 g/mol. The van der Waals surface area contributed by atoms with E-state index < -0.39 is 0 Å². The second kappa shape index (κ2) is 12.7. The molecule has 0 unspecified atom stereocenters. The normalized spacial score (nSPS) is 11.2. The largest absolute Gasteiger partial charge is 0.493 e. The van der Waals surface area contributed by atoms with Gasteiger partial charge in [-0.05, 0) is 86.2 Å². The van der Waals surface area contributed by atoms with Crippen LogP contribution in [0.1, 0.15) is 11.1 Å². The number of nitrogens with one attached hydrogen (secondary N) is 1. The second-order valence-corrected chi connectivity index (χ2v) is 10.5. The molecular formula is C35H34N6O. The van der Waals surface area contributed by atoms with E-state index in [4.69, 9.17) is 14.7 Å². The Morgan fingerprint density at radius 3 is 2.43 bits per heavy atom. The fourth-order valence-electron chi connectivity index (χ4n) is 4.92. The number of hydrogen-bond donors (Lipinski definition) is 1. The topological polar surface area (TPSA) is 67.6 Å². The van der Waals surface area contributed by atoms with E-state index in [9.17, 15) is 0 Å². The lowest BCUT2D eigenvalue weighted by Crippen LogP contribution is -2.15. The Morgan fingerprint density at radius 1 is 0.786 bits per heavy atom. The molecule has 6 aromatic rings. The van der Waals surface area contributed by atoms with Crippen molar-refractivity contribution in [1.29, 1.82) is 0 Å². The summed E-state index contributed by atoms with van der Waals surface area (Å²) in [6, 6.07) is 34.9. The Labute approximate surface area is 246 Å². The average molecular weight is 555 g/mol. The highest BCUT2D eigenvalue weighted by Gasteiger charge is 2.18. The first kappa shape index (κ1) is 27.2. The number of hydrogen-bond acceptors (Lipinski definition) is 6. The molecule has 0 saturated carbocycles. The van der Waals surface area contributed by atoms with E-state index in [0.717, 1.165) is 59.1 Å². The van der Waals surface area contributed by atoms with E-state index in [0.29, 0.717) is 12.6 Å². The quantitative estimate of drug-likeness (QED) is 0.187. The molecular weight excluding hydrogens is 520 g/mol. The second-order valence-electron chi connectivity index (χ2n) is 10.5. The minimum Gasteiger partial charge on any atom is -0.493 e. The van der Waals surface area contributed by atoms with Crippen LogP contribution in [0.4, 0.5) is 11.6 Å². The summed E-state index contributed by atoms with van der Waals surface area (Å²) < 4.78 is 8.10. The van der Waals surface area contributed by atoms with Crippen LogP contribution in [0.15, 0.2) is 116 Å². The maximum absolute atomic E-state index is 6.03. The average Bonchev–Trinajstić information content (AvgIpc) is 3.41. The smallest absolute Gasteiger partial charge is 0.227 e. The highest BCUT2D eigenvalue weighted by molar-refractivity contribution is 5.81. The summed E-state index contributed by atoms with van der Waals surface area (Å²) in [5.41, 5.74) is 7.89. The lowest BCUT2D eigenvalue weighted by Gasteiger charge is -2.11. The predicted octanol–water partition coefficient (Wildman–Crippen LogP) is 6.93. The molecule has 0 saturated heterocycles. The lowest BCUT2D eigenvalue weighted by molar-refractivity contribution is 0.322. The summed E-state index contributed by atoms with van der Waals surface area (Å²) in [5, 5.41) is 3.40. The summed E-state index contributed by atoms with van der Waals surface area (Å²) in [6.45, 7) is 1.62. The fourth-order valence-corrected chi connectivity index (χ4v) is 4.92. The molecule has 0 aliphatic heterocycles. The molecule has 0 atom stereocenters. The van der Waals surface area contributed by atoms with E-state index >= 15 is 0 Å². The Bertz CT molecular complexity index is 1760. The number of pyridine rings is 1. The standard InChI is InChI=1S/C35H34N6O/c1-40(2)23-19-27-11-8-12-29(25-27)37-35-36-21-18-31(38-35)34-33(39-32-13-6-7-22-41(32)34)28-14-16-30(17-15-28)42-24-20-26-9-4-3-5-10-26/h3-18,21-22,25H,19-20,23-24H2,1-2H3,(H,36,37,38). The van der Waals surface area contributed by atoms with Gasteiger partial charge in [-0.3, -0.25) is 4.40 Å². The molecule has 0 amide bonds. The summed E-state index contributed by atoms with van der Waals surface area (Å²) in [6.07, 6.45) is 5.65. The van der Waals surface area contributed by atoms with E-state index in [1.807, 2.05) is 54.7 Å². The highest BCUT2D eigenvalue weighted by atomic mass is 16.5. The first-order valence-electron chi connectivity index (χ1n) is 14.2. The number of imidazole rings is 1. The summed E-state index contributed by atoms with van der Waals surface area (Å²) in [7, 11) is 4.18. The van der Waals surface area contributed by atoms with Crippen molar-refractivity contribution >= 4 is 17.3 Å². The Morgan fingerprint density at radius 2 is 1.60 bits per heavy atom. The van der Waals surface area contributed by atoms with E-state index in [2.05, 4.69) is 88.3 Å². The van der Waals surface area contributed by atoms with Gasteiger partial charge in [-0.1, -0.05) is 48.5 Å². The van der Waals surface area contributed by atoms with Crippen LogP contribution in [0.25, 0.3) is 28.3 Å². The molecule has 210 valence electrons. The number of rotatable bonds is 11. The molecule has 0 aliphatic carbocycles. The van der Waals surface area contributed by atoms with Crippen molar-refractivity contribution in [3.05, 3.63) is 127 Å². The molecule has 0 fully saturated rings. The molecule has 7 heteroatoms. The van der Waals surface area contributed by atoms with Gasteiger partial charge in [0.25, 0.3) is 0 Å². The van der Waals surface area contributed by atoms with Crippen LogP contribution in [0.5, 0.6) is 5.75 Å². The van der Waals surface area contributed by atoms with Gasteiger partial charge in [0.2, 0.25) is 5.95 Å².